The third kappa shape index (κ3) is 3.39. The standard InChI is InChI=1S/C20H20N6/c1-14-16(13-23-26-14)5-4-10-22-20-17-6-2-3-7-18(17)24-19(25-20)15-8-11-21-12-9-15/h2-3,6-9,11-13H,4-5,10H2,1H3,(H,23,26)(H,22,24,25). The third-order valence-corrected chi connectivity index (χ3v) is 4.39. The number of hydrogen-bond acceptors (Lipinski definition) is 5. The maximum Gasteiger partial charge on any atom is 0.162 e. The second-order valence-corrected chi connectivity index (χ2v) is 6.20. The SMILES string of the molecule is Cc1[nH]ncc1CCCNc1nc(-c2ccncc2)nc2ccccc12. The topological polar surface area (TPSA) is 79.4 Å². The number of fused-ring (bicyclic) bond motifs is 1. The molecule has 0 saturated carbocycles. The van der Waals surface area contributed by atoms with Crippen molar-refractivity contribution in [2.45, 2.75) is 19.8 Å². The molecule has 4 aromatic rings. The molecule has 0 bridgehead atoms. The van der Waals surface area contributed by atoms with E-state index in [1.807, 2.05) is 42.6 Å². The first-order valence-electron chi connectivity index (χ1n) is 8.71. The van der Waals surface area contributed by atoms with Gasteiger partial charge >= 0.3 is 0 Å². The van der Waals surface area contributed by atoms with Crippen LogP contribution in [-0.2, 0) is 6.42 Å². The summed E-state index contributed by atoms with van der Waals surface area (Å²) < 4.78 is 0. The Morgan fingerprint density at radius 1 is 1.04 bits per heavy atom. The first kappa shape index (κ1) is 16.2. The molecule has 0 amide bonds. The van der Waals surface area contributed by atoms with Gasteiger partial charge in [0.1, 0.15) is 5.82 Å². The van der Waals surface area contributed by atoms with Crippen molar-refractivity contribution in [3.8, 4) is 11.4 Å². The van der Waals surface area contributed by atoms with Crippen LogP contribution in [0.2, 0.25) is 0 Å². The van der Waals surface area contributed by atoms with Gasteiger partial charge in [0, 0.05) is 35.6 Å². The summed E-state index contributed by atoms with van der Waals surface area (Å²) in [6, 6.07) is 11.9. The third-order valence-electron chi connectivity index (χ3n) is 4.39. The molecular weight excluding hydrogens is 324 g/mol. The Labute approximate surface area is 151 Å². The van der Waals surface area contributed by atoms with Crippen LogP contribution in [0, 0.1) is 6.92 Å². The molecule has 0 radical (unpaired) electrons. The highest BCUT2D eigenvalue weighted by Gasteiger charge is 2.09. The zero-order valence-corrected chi connectivity index (χ0v) is 14.6. The Kier molecular flexibility index (Phi) is 4.55. The van der Waals surface area contributed by atoms with Crippen LogP contribution in [0.15, 0.2) is 55.0 Å². The molecule has 0 atom stereocenters. The van der Waals surface area contributed by atoms with Gasteiger partial charge in [-0.05, 0) is 49.6 Å². The van der Waals surface area contributed by atoms with E-state index in [1.54, 1.807) is 12.4 Å². The van der Waals surface area contributed by atoms with Crippen molar-refractivity contribution in [3.63, 3.8) is 0 Å². The van der Waals surface area contributed by atoms with Gasteiger partial charge in [0.2, 0.25) is 0 Å². The quantitative estimate of drug-likeness (QED) is 0.521. The lowest BCUT2D eigenvalue weighted by Gasteiger charge is -2.11. The molecular formula is C20H20N6. The number of hydrogen-bond donors (Lipinski definition) is 2. The van der Waals surface area contributed by atoms with Crippen LogP contribution in [0.1, 0.15) is 17.7 Å². The van der Waals surface area contributed by atoms with Gasteiger partial charge in [-0.1, -0.05) is 12.1 Å². The predicted molar refractivity (Wildman–Crippen MR) is 103 cm³/mol. The molecule has 26 heavy (non-hydrogen) atoms. The van der Waals surface area contributed by atoms with Gasteiger partial charge in [-0.15, -0.1) is 0 Å². The van der Waals surface area contributed by atoms with E-state index < -0.39 is 0 Å². The first-order chi connectivity index (χ1) is 12.8. The smallest absolute Gasteiger partial charge is 0.162 e. The Balaban J connectivity index is 1.56. The van der Waals surface area contributed by atoms with Crippen LogP contribution >= 0.6 is 0 Å². The van der Waals surface area contributed by atoms with Crippen molar-refractivity contribution in [1.29, 1.82) is 0 Å². The summed E-state index contributed by atoms with van der Waals surface area (Å²) in [6.45, 7) is 2.89. The molecule has 130 valence electrons. The lowest BCUT2D eigenvalue weighted by atomic mass is 10.1. The highest BCUT2D eigenvalue weighted by Crippen LogP contribution is 2.24. The van der Waals surface area contributed by atoms with E-state index in [0.29, 0.717) is 5.82 Å². The summed E-state index contributed by atoms with van der Waals surface area (Å²) in [5, 5.41) is 11.6. The molecule has 4 rings (SSSR count). The minimum absolute atomic E-state index is 0.708. The number of rotatable bonds is 6. The van der Waals surface area contributed by atoms with Crippen molar-refractivity contribution in [3.05, 3.63) is 66.2 Å². The van der Waals surface area contributed by atoms with E-state index in [4.69, 9.17) is 9.97 Å². The lowest BCUT2D eigenvalue weighted by Crippen LogP contribution is -2.07. The van der Waals surface area contributed by atoms with Crippen LogP contribution < -0.4 is 5.32 Å². The van der Waals surface area contributed by atoms with E-state index in [-0.39, 0.29) is 0 Å². The molecule has 0 fully saturated rings. The fraction of sp³-hybridized carbons (Fsp3) is 0.200. The molecule has 3 heterocycles. The zero-order chi connectivity index (χ0) is 17.8. The number of anilines is 1. The van der Waals surface area contributed by atoms with Gasteiger partial charge in [-0.3, -0.25) is 10.1 Å². The van der Waals surface area contributed by atoms with Gasteiger partial charge in [0.15, 0.2) is 5.82 Å². The average molecular weight is 344 g/mol. The summed E-state index contributed by atoms with van der Waals surface area (Å²) in [5.74, 6) is 1.57. The molecule has 2 N–H and O–H groups in total. The summed E-state index contributed by atoms with van der Waals surface area (Å²) in [6.07, 6.45) is 7.40. The predicted octanol–water partition coefficient (Wildman–Crippen LogP) is 3.77. The van der Waals surface area contributed by atoms with Crippen molar-refractivity contribution < 1.29 is 0 Å². The van der Waals surface area contributed by atoms with E-state index in [1.165, 1.54) is 5.56 Å². The number of nitrogens with zero attached hydrogens (tertiary/aromatic N) is 4. The van der Waals surface area contributed by atoms with Crippen LogP contribution in [0.3, 0.4) is 0 Å². The molecule has 0 aliphatic rings. The van der Waals surface area contributed by atoms with E-state index in [9.17, 15) is 0 Å². The van der Waals surface area contributed by atoms with Gasteiger partial charge in [0.25, 0.3) is 0 Å². The Bertz CT molecular complexity index is 1010. The van der Waals surface area contributed by atoms with Gasteiger partial charge in [-0.2, -0.15) is 5.10 Å². The minimum Gasteiger partial charge on any atom is -0.369 e. The molecule has 1 aromatic carbocycles. The molecule has 0 unspecified atom stereocenters. The lowest BCUT2D eigenvalue weighted by molar-refractivity contribution is 0.854. The van der Waals surface area contributed by atoms with Crippen LogP contribution in [0.25, 0.3) is 22.3 Å². The second kappa shape index (κ2) is 7.31. The Morgan fingerprint density at radius 3 is 2.69 bits per heavy atom. The average Bonchev–Trinajstić information content (AvgIpc) is 3.10. The zero-order valence-electron chi connectivity index (χ0n) is 14.6. The number of aromatic amines is 1. The fourth-order valence-corrected chi connectivity index (χ4v) is 2.95. The minimum atomic E-state index is 0.708. The summed E-state index contributed by atoms with van der Waals surface area (Å²) in [5.41, 5.74) is 4.29. The van der Waals surface area contributed by atoms with E-state index >= 15 is 0 Å². The van der Waals surface area contributed by atoms with Crippen LogP contribution in [0.4, 0.5) is 5.82 Å². The summed E-state index contributed by atoms with van der Waals surface area (Å²) in [7, 11) is 0. The van der Waals surface area contributed by atoms with Gasteiger partial charge in [-0.25, -0.2) is 9.97 Å². The monoisotopic (exact) mass is 344 g/mol. The fourth-order valence-electron chi connectivity index (χ4n) is 2.95. The van der Waals surface area contributed by atoms with Gasteiger partial charge < -0.3 is 5.32 Å². The first-order valence-corrected chi connectivity index (χ1v) is 8.71. The normalized spacial score (nSPS) is 11.0. The second-order valence-electron chi connectivity index (χ2n) is 6.20. The molecule has 6 nitrogen and oxygen atoms in total. The Hall–Kier alpha value is -3.28. The number of aromatic nitrogens is 5. The maximum atomic E-state index is 4.75. The highest BCUT2D eigenvalue weighted by atomic mass is 15.1. The Morgan fingerprint density at radius 2 is 1.88 bits per heavy atom. The van der Waals surface area contributed by atoms with Crippen molar-refractivity contribution >= 4 is 16.7 Å². The molecule has 0 aliphatic heterocycles. The van der Waals surface area contributed by atoms with Crippen molar-refractivity contribution in [2.75, 3.05) is 11.9 Å². The van der Waals surface area contributed by atoms with Crippen molar-refractivity contribution in [2.24, 2.45) is 0 Å². The van der Waals surface area contributed by atoms with Crippen molar-refractivity contribution in [1.82, 2.24) is 25.1 Å². The molecule has 0 spiro atoms. The maximum absolute atomic E-state index is 4.75. The van der Waals surface area contributed by atoms with E-state index in [0.717, 1.165) is 47.4 Å². The molecule has 3 aromatic heterocycles. The highest BCUT2D eigenvalue weighted by molar-refractivity contribution is 5.90. The van der Waals surface area contributed by atoms with Crippen LogP contribution in [-0.4, -0.2) is 31.7 Å². The largest absolute Gasteiger partial charge is 0.369 e. The number of para-hydroxylation sites is 1. The number of nitrogens with one attached hydrogen (secondary N) is 2. The summed E-state index contributed by atoms with van der Waals surface area (Å²) >= 11 is 0. The number of benzene rings is 1. The van der Waals surface area contributed by atoms with E-state index in [2.05, 4.69) is 27.4 Å². The number of pyridine rings is 1. The number of aryl methyl sites for hydroxylation is 2. The molecule has 6 heteroatoms. The summed E-state index contributed by atoms with van der Waals surface area (Å²) in [4.78, 5) is 13.5. The molecule has 0 aliphatic carbocycles. The molecule has 0 saturated heterocycles. The van der Waals surface area contributed by atoms with Gasteiger partial charge in [0.05, 0.1) is 11.7 Å². The number of H-pyrrole nitrogens is 1. The van der Waals surface area contributed by atoms with Crippen LogP contribution in [0.5, 0.6) is 0 Å².